The van der Waals surface area contributed by atoms with Crippen LogP contribution in [0.1, 0.15) is 30.6 Å². The van der Waals surface area contributed by atoms with E-state index >= 15 is 0 Å². The van der Waals surface area contributed by atoms with Crippen LogP contribution in [0.25, 0.3) is 0 Å². The van der Waals surface area contributed by atoms with Gasteiger partial charge in [-0.2, -0.15) is 0 Å². The first-order valence-electron chi connectivity index (χ1n) is 6.70. The number of carbonyl (C=O) groups excluding carboxylic acids is 1. The highest BCUT2D eigenvalue weighted by atomic mass is 79.9. The molecule has 0 spiro atoms. The zero-order valence-corrected chi connectivity index (χ0v) is 13.2. The summed E-state index contributed by atoms with van der Waals surface area (Å²) in [5, 5.41) is 2.86. The molecule has 110 valence electrons. The number of halogens is 2. The second-order valence-corrected chi connectivity index (χ2v) is 5.70. The Morgan fingerprint density at radius 3 is 2.86 bits per heavy atom. The van der Waals surface area contributed by atoms with Crippen molar-refractivity contribution in [1.82, 2.24) is 10.3 Å². The molecular weight excluding hydrogens is 335 g/mol. The third-order valence-electron chi connectivity index (χ3n) is 3.15. The number of hydrogen-bond donors (Lipinski definition) is 1. The molecule has 0 saturated carbocycles. The fourth-order valence-electron chi connectivity index (χ4n) is 1.99. The van der Waals surface area contributed by atoms with E-state index < -0.39 is 0 Å². The van der Waals surface area contributed by atoms with Gasteiger partial charge in [-0.25, -0.2) is 4.39 Å². The molecule has 0 aliphatic heterocycles. The number of hydrogen-bond acceptors (Lipinski definition) is 2. The molecule has 3 nitrogen and oxygen atoms in total. The third-order valence-corrected chi connectivity index (χ3v) is 3.64. The van der Waals surface area contributed by atoms with Crippen molar-refractivity contribution in [3.63, 3.8) is 0 Å². The zero-order chi connectivity index (χ0) is 15.2. The van der Waals surface area contributed by atoms with Gasteiger partial charge < -0.3 is 5.32 Å². The quantitative estimate of drug-likeness (QED) is 0.891. The molecule has 1 atom stereocenters. The number of pyridine rings is 1. The summed E-state index contributed by atoms with van der Waals surface area (Å²) in [5.74, 6) is -0.412. The topological polar surface area (TPSA) is 42.0 Å². The van der Waals surface area contributed by atoms with Gasteiger partial charge in [0.1, 0.15) is 5.82 Å². The van der Waals surface area contributed by atoms with Gasteiger partial charge in [0, 0.05) is 17.1 Å². The molecule has 1 aromatic heterocycles. The van der Waals surface area contributed by atoms with Crippen LogP contribution in [-0.2, 0) is 11.2 Å². The van der Waals surface area contributed by atoms with Gasteiger partial charge in [-0.15, -0.1) is 0 Å². The fraction of sp³-hybridized carbons (Fsp3) is 0.250. The highest BCUT2D eigenvalue weighted by Gasteiger charge is 2.11. The maximum Gasteiger partial charge on any atom is 0.220 e. The van der Waals surface area contributed by atoms with Gasteiger partial charge in [0.05, 0.1) is 11.7 Å². The minimum atomic E-state index is -0.296. The summed E-state index contributed by atoms with van der Waals surface area (Å²) in [6.45, 7) is 1.88. The number of carbonyl (C=O) groups is 1. The molecule has 1 N–H and O–H groups in total. The molecule has 1 amide bonds. The molecule has 1 aromatic carbocycles. The normalized spacial score (nSPS) is 12.0. The van der Waals surface area contributed by atoms with Crippen LogP contribution >= 0.6 is 15.9 Å². The van der Waals surface area contributed by atoms with E-state index in [-0.39, 0.29) is 24.2 Å². The maximum absolute atomic E-state index is 13.7. The lowest BCUT2D eigenvalue weighted by molar-refractivity contribution is -0.121. The molecule has 0 aliphatic carbocycles. The average molecular weight is 351 g/mol. The lowest BCUT2D eigenvalue weighted by Gasteiger charge is -2.13. The van der Waals surface area contributed by atoms with Gasteiger partial charge in [0.25, 0.3) is 0 Å². The summed E-state index contributed by atoms with van der Waals surface area (Å²) in [7, 11) is 0. The van der Waals surface area contributed by atoms with E-state index in [1.807, 2.05) is 25.1 Å². The van der Waals surface area contributed by atoms with Crippen LogP contribution in [0.2, 0.25) is 0 Å². The number of aryl methyl sites for hydroxylation is 1. The molecule has 0 fully saturated rings. The fourth-order valence-corrected chi connectivity index (χ4v) is 2.33. The Balaban J connectivity index is 1.87. The summed E-state index contributed by atoms with van der Waals surface area (Å²) in [5.41, 5.74) is 1.35. The maximum atomic E-state index is 13.7. The van der Waals surface area contributed by atoms with E-state index in [0.29, 0.717) is 16.5 Å². The molecule has 5 heteroatoms. The molecule has 0 radical (unpaired) electrons. The Hall–Kier alpha value is -1.75. The van der Waals surface area contributed by atoms with E-state index in [1.54, 1.807) is 18.3 Å². The average Bonchev–Trinajstić information content (AvgIpc) is 2.47. The Morgan fingerprint density at radius 2 is 2.19 bits per heavy atom. The molecule has 0 unspecified atom stereocenters. The summed E-state index contributed by atoms with van der Waals surface area (Å²) in [6.07, 6.45) is 2.31. The number of amides is 1. The third kappa shape index (κ3) is 4.63. The van der Waals surface area contributed by atoms with E-state index in [0.717, 1.165) is 5.69 Å². The van der Waals surface area contributed by atoms with Crippen molar-refractivity contribution in [3.05, 3.63) is 64.1 Å². The molecule has 1 heterocycles. The molecule has 2 aromatic rings. The van der Waals surface area contributed by atoms with Crippen LogP contribution in [0, 0.1) is 5.82 Å². The van der Waals surface area contributed by atoms with Gasteiger partial charge in [-0.1, -0.05) is 28.1 Å². The standard InChI is InChI=1S/C16H16BrFN2O/c1-11(15-4-2-3-9-19-15)20-16(21)8-6-12-5-7-13(17)10-14(12)18/h2-5,7,9-11H,6,8H2,1H3,(H,20,21)/t11-/m1/s1. The highest BCUT2D eigenvalue weighted by Crippen LogP contribution is 2.16. The Morgan fingerprint density at radius 1 is 1.38 bits per heavy atom. The highest BCUT2D eigenvalue weighted by molar-refractivity contribution is 9.10. The minimum absolute atomic E-state index is 0.115. The number of rotatable bonds is 5. The number of benzene rings is 1. The first-order valence-corrected chi connectivity index (χ1v) is 7.50. The van der Waals surface area contributed by atoms with Crippen molar-refractivity contribution >= 4 is 21.8 Å². The van der Waals surface area contributed by atoms with Gasteiger partial charge >= 0.3 is 0 Å². The lowest BCUT2D eigenvalue weighted by atomic mass is 10.1. The first kappa shape index (κ1) is 15.6. The van der Waals surface area contributed by atoms with Crippen LogP contribution < -0.4 is 5.32 Å². The monoisotopic (exact) mass is 350 g/mol. The predicted octanol–water partition coefficient (Wildman–Crippen LogP) is 3.79. The molecule has 0 aliphatic rings. The van der Waals surface area contributed by atoms with Crippen molar-refractivity contribution in [2.75, 3.05) is 0 Å². The molecule has 0 saturated heterocycles. The van der Waals surface area contributed by atoms with Gasteiger partial charge in [0.15, 0.2) is 0 Å². The number of aromatic nitrogens is 1. The second-order valence-electron chi connectivity index (χ2n) is 4.78. The van der Waals surface area contributed by atoms with E-state index in [2.05, 4.69) is 26.2 Å². The van der Waals surface area contributed by atoms with Crippen molar-refractivity contribution in [2.45, 2.75) is 25.8 Å². The van der Waals surface area contributed by atoms with Crippen LogP contribution in [0.5, 0.6) is 0 Å². The van der Waals surface area contributed by atoms with Gasteiger partial charge in [-0.3, -0.25) is 9.78 Å². The molecule has 0 bridgehead atoms. The minimum Gasteiger partial charge on any atom is -0.348 e. The van der Waals surface area contributed by atoms with Crippen molar-refractivity contribution < 1.29 is 9.18 Å². The Kier molecular flexibility index (Phi) is 5.44. The zero-order valence-electron chi connectivity index (χ0n) is 11.6. The summed E-state index contributed by atoms with van der Waals surface area (Å²) >= 11 is 3.21. The smallest absolute Gasteiger partial charge is 0.220 e. The molecular formula is C16H16BrFN2O. The van der Waals surface area contributed by atoms with Crippen LogP contribution in [0.15, 0.2) is 47.1 Å². The van der Waals surface area contributed by atoms with Crippen molar-refractivity contribution in [3.8, 4) is 0 Å². The summed E-state index contributed by atoms with van der Waals surface area (Å²) < 4.78 is 14.3. The predicted molar refractivity (Wildman–Crippen MR) is 83.2 cm³/mol. The number of nitrogens with zero attached hydrogens (tertiary/aromatic N) is 1. The summed E-state index contributed by atoms with van der Waals surface area (Å²) in [6, 6.07) is 10.3. The van der Waals surface area contributed by atoms with Crippen LogP contribution in [0.3, 0.4) is 0 Å². The Labute approximate surface area is 131 Å². The largest absolute Gasteiger partial charge is 0.348 e. The van der Waals surface area contributed by atoms with E-state index in [1.165, 1.54) is 6.07 Å². The lowest BCUT2D eigenvalue weighted by Crippen LogP contribution is -2.27. The molecule has 21 heavy (non-hydrogen) atoms. The summed E-state index contributed by atoms with van der Waals surface area (Å²) in [4.78, 5) is 16.1. The van der Waals surface area contributed by atoms with E-state index in [9.17, 15) is 9.18 Å². The van der Waals surface area contributed by atoms with E-state index in [4.69, 9.17) is 0 Å². The van der Waals surface area contributed by atoms with Gasteiger partial charge in [0.2, 0.25) is 5.91 Å². The SMILES string of the molecule is C[C@@H](NC(=O)CCc1ccc(Br)cc1F)c1ccccn1. The number of nitrogens with one attached hydrogen (secondary N) is 1. The van der Waals surface area contributed by atoms with Gasteiger partial charge in [-0.05, 0) is 43.2 Å². The van der Waals surface area contributed by atoms with Crippen molar-refractivity contribution in [2.24, 2.45) is 0 Å². The van der Waals surface area contributed by atoms with Crippen LogP contribution in [-0.4, -0.2) is 10.9 Å². The van der Waals surface area contributed by atoms with Crippen LogP contribution in [0.4, 0.5) is 4.39 Å². The molecule has 2 rings (SSSR count). The Bertz CT molecular complexity index is 619. The first-order chi connectivity index (χ1) is 10.1. The van der Waals surface area contributed by atoms with Crippen molar-refractivity contribution in [1.29, 1.82) is 0 Å². The second kappa shape index (κ2) is 7.31.